The predicted molar refractivity (Wildman–Crippen MR) is 83.9 cm³/mol. The van der Waals surface area contributed by atoms with E-state index in [1.54, 1.807) is 0 Å². The van der Waals surface area contributed by atoms with Crippen molar-refractivity contribution in [3.63, 3.8) is 0 Å². The Morgan fingerprint density at radius 3 is 1.57 bits per heavy atom. The van der Waals surface area contributed by atoms with Gasteiger partial charge in [-0.2, -0.15) is 10.5 Å². The van der Waals surface area contributed by atoms with Gasteiger partial charge in [-0.3, -0.25) is 0 Å². The fourth-order valence-corrected chi connectivity index (χ4v) is 2.89. The van der Waals surface area contributed by atoms with E-state index in [4.69, 9.17) is 10.5 Å². The molecule has 0 fully saturated rings. The molecular formula is C18H15N3. The van der Waals surface area contributed by atoms with Gasteiger partial charge in [0.05, 0.1) is 23.3 Å². The highest BCUT2D eigenvalue weighted by atomic mass is 15.0. The van der Waals surface area contributed by atoms with Crippen LogP contribution in [0.25, 0.3) is 21.8 Å². The van der Waals surface area contributed by atoms with Gasteiger partial charge in [-0.15, -0.1) is 0 Å². The summed E-state index contributed by atoms with van der Waals surface area (Å²) in [4.78, 5) is 0. The van der Waals surface area contributed by atoms with Crippen molar-refractivity contribution >= 4 is 21.8 Å². The largest absolute Gasteiger partial charge is 0.335 e. The quantitative estimate of drug-likeness (QED) is 0.613. The van der Waals surface area contributed by atoms with Crippen LogP contribution in [-0.4, -0.2) is 4.57 Å². The van der Waals surface area contributed by atoms with Gasteiger partial charge in [0, 0.05) is 27.3 Å². The number of nitrogens with zero attached hydrogens (tertiary/aromatic N) is 3. The van der Waals surface area contributed by atoms with Crippen LogP contribution in [0.1, 0.15) is 31.9 Å². The molecule has 0 aliphatic carbocycles. The lowest BCUT2D eigenvalue weighted by Crippen LogP contribution is -2.21. The fourth-order valence-electron chi connectivity index (χ4n) is 2.89. The van der Waals surface area contributed by atoms with E-state index in [9.17, 15) is 0 Å². The van der Waals surface area contributed by atoms with Crippen molar-refractivity contribution < 1.29 is 0 Å². The molecule has 0 unspecified atom stereocenters. The van der Waals surface area contributed by atoms with Crippen molar-refractivity contribution in [3.05, 3.63) is 47.5 Å². The Kier molecular flexibility index (Phi) is 2.75. The first kappa shape index (κ1) is 13.2. The van der Waals surface area contributed by atoms with E-state index in [1.807, 2.05) is 36.4 Å². The van der Waals surface area contributed by atoms with Gasteiger partial charge in [0.25, 0.3) is 0 Å². The zero-order valence-corrected chi connectivity index (χ0v) is 12.3. The van der Waals surface area contributed by atoms with Gasteiger partial charge in [-0.25, -0.2) is 0 Å². The summed E-state index contributed by atoms with van der Waals surface area (Å²) in [5.41, 5.74) is 3.37. The Hall–Kier alpha value is -2.78. The summed E-state index contributed by atoms with van der Waals surface area (Å²) >= 11 is 0. The summed E-state index contributed by atoms with van der Waals surface area (Å²) in [6, 6.07) is 15.8. The Balaban J connectivity index is 2.56. The number of aromatic nitrogens is 1. The van der Waals surface area contributed by atoms with Crippen molar-refractivity contribution in [1.29, 1.82) is 10.5 Å². The van der Waals surface area contributed by atoms with Crippen molar-refractivity contribution in [3.8, 4) is 12.1 Å². The third kappa shape index (κ3) is 1.95. The lowest BCUT2D eigenvalue weighted by Gasteiger charge is -2.24. The van der Waals surface area contributed by atoms with Gasteiger partial charge < -0.3 is 4.57 Å². The maximum atomic E-state index is 9.13. The van der Waals surface area contributed by atoms with Crippen molar-refractivity contribution in [2.24, 2.45) is 0 Å². The van der Waals surface area contributed by atoms with Crippen LogP contribution in [-0.2, 0) is 5.54 Å². The maximum Gasteiger partial charge on any atom is 0.0991 e. The highest BCUT2D eigenvalue weighted by Gasteiger charge is 2.20. The summed E-state index contributed by atoms with van der Waals surface area (Å²) in [5, 5.41) is 20.3. The van der Waals surface area contributed by atoms with E-state index in [1.165, 1.54) is 0 Å². The van der Waals surface area contributed by atoms with Crippen LogP contribution in [0.2, 0.25) is 0 Å². The normalized spacial score (nSPS) is 11.5. The van der Waals surface area contributed by atoms with Gasteiger partial charge in [0.1, 0.15) is 0 Å². The number of benzene rings is 2. The molecule has 0 aliphatic rings. The van der Waals surface area contributed by atoms with E-state index in [0.29, 0.717) is 11.1 Å². The van der Waals surface area contributed by atoms with E-state index in [-0.39, 0.29) is 5.54 Å². The number of hydrogen-bond donors (Lipinski definition) is 0. The van der Waals surface area contributed by atoms with Gasteiger partial charge in [-0.1, -0.05) is 0 Å². The number of hydrogen-bond acceptors (Lipinski definition) is 2. The Morgan fingerprint density at radius 2 is 1.24 bits per heavy atom. The molecule has 1 aromatic heterocycles. The third-order valence-electron chi connectivity index (χ3n) is 3.69. The van der Waals surface area contributed by atoms with Crippen molar-refractivity contribution in [2.45, 2.75) is 26.3 Å². The third-order valence-corrected chi connectivity index (χ3v) is 3.69. The molecule has 3 aromatic rings. The summed E-state index contributed by atoms with van der Waals surface area (Å²) < 4.78 is 2.26. The molecule has 0 amide bonds. The summed E-state index contributed by atoms with van der Waals surface area (Å²) in [6.07, 6.45) is 0. The molecule has 0 N–H and O–H groups in total. The lowest BCUT2D eigenvalue weighted by molar-refractivity contribution is 0.423. The Morgan fingerprint density at radius 1 is 0.810 bits per heavy atom. The van der Waals surface area contributed by atoms with Crippen LogP contribution in [0.5, 0.6) is 0 Å². The molecular weight excluding hydrogens is 258 g/mol. The average molecular weight is 273 g/mol. The van der Waals surface area contributed by atoms with E-state index >= 15 is 0 Å². The van der Waals surface area contributed by atoms with E-state index < -0.39 is 0 Å². The maximum absolute atomic E-state index is 9.13. The highest BCUT2D eigenvalue weighted by molar-refractivity contribution is 6.09. The molecule has 0 radical (unpaired) electrons. The molecule has 3 heteroatoms. The molecule has 21 heavy (non-hydrogen) atoms. The van der Waals surface area contributed by atoms with E-state index in [0.717, 1.165) is 21.8 Å². The topological polar surface area (TPSA) is 52.5 Å². The molecule has 1 heterocycles. The van der Waals surface area contributed by atoms with E-state index in [2.05, 4.69) is 37.5 Å². The SMILES string of the molecule is CC(C)(C)n1c2ccc(C#N)cc2c2cc(C#N)ccc21. The fraction of sp³-hybridized carbons (Fsp3) is 0.222. The van der Waals surface area contributed by atoms with Crippen LogP contribution >= 0.6 is 0 Å². The average Bonchev–Trinajstić information content (AvgIpc) is 2.79. The van der Waals surface area contributed by atoms with Gasteiger partial charge >= 0.3 is 0 Å². The Bertz CT molecular complexity index is 870. The highest BCUT2D eigenvalue weighted by Crippen LogP contribution is 2.34. The number of nitriles is 2. The van der Waals surface area contributed by atoms with Gasteiger partial charge in [-0.05, 0) is 57.2 Å². The van der Waals surface area contributed by atoms with Gasteiger partial charge in [0.15, 0.2) is 0 Å². The van der Waals surface area contributed by atoms with Crippen LogP contribution in [0.4, 0.5) is 0 Å². The minimum absolute atomic E-state index is 0.0810. The second kappa shape index (κ2) is 4.36. The first-order valence-electron chi connectivity index (χ1n) is 6.84. The summed E-state index contributed by atoms with van der Waals surface area (Å²) in [7, 11) is 0. The second-order valence-electron chi connectivity index (χ2n) is 6.19. The van der Waals surface area contributed by atoms with Crippen molar-refractivity contribution in [2.75, 3.05) is 0 Å². The minimum Gasteiger partial charge on any atom is -0.335 e. The minimum atomic E-state index is -0.0810. The van der Waals surface area contributed by atoms with Crippen LogP contribution < -0.4 is 0 Å². The van der Waals surface area contributed by atoms with Crippen LogP contribution in [0.15, 0.2) is 36.4 Å². The summed E-state index contributed by atoms with van der Waals surface area (Å²) in [5.74, 6) is 0. The molecule has 0 aliphatic heterocycles. The number of fused-ring (bicyclic) bond motifs is 3. The molecule has 3 nitrogen and oxygen atoms in total. The molecule has 0 saturated heterocycles. The molecule has 0 atom stereocenters. The molecule has 0 saturated carbocycles. The first-order valence-corrected chi connectivity index (χ1v) is 6.84. The van der Waals surface area contributed by atoms with Crippen molar-refractivity contribution in [1.82, 2.24) is 4.57 Å². The zero-order chi connectivity index (χ0) is 15.2. The Labute approximate surface area is 123 Å². The van der Waals surface area contributed by atoms with Crippen LogP contribution in [0, 0.1) is 22.7 Å². The smallest absolute Gasteiger partial charge is 0.0991 e. The second-order valence-corrected chi connectivity index (χ2v) is 6.19. The first-order chi connectivity index (χ1) is 9.95. The standard InChI is InChI=1S/C18H15N3/c1-18(2,3)21-16-6-4-12(10-19)8-14(16)15-9-13(11-20)5-7-17(15)21/h4-9H,1-3H3. The predicted octanol–water partition coefficient (Wildman–Crippen LogP) is 4.29. The molecule has 0 bridgehead atoms. The molecule has 2 aromatic carbocycles. The summed E-state index contributed by atoms with van der Waals surface area (Å²) in [6.45, 7) is 6.47. The van der Waals surface area contributed by atoms with Gasteiger partial charge in [0.2, 0.25) is 0 Å². The molecule has 3 rings (SSSR count). The van der Waals surface area contributed by atoms with Crippen LogP contribution in [0.3, 0.4) is 0 Å². The zero-order valence-electron chi connectivity index (χ0n) is 12.3. The lowest BCUT2D eigenvalue weighted by atomic mass is 10.1. The molecule has 0 spiro atoms. The number of rotatable bonds is 0. The molecule has 102 valence electrons. The monoisotopic (exact) mass is 273 g/mol.